The van der Waals surface area contributed by atoms with E-state index in [4.69, 9.17) is 15.9 Å². The standard InChI is InChI=1S/C16H19N5O10S2/c17-9(16(26)27)2-4-13(22)19-10(15(25)18-6-14(23)24)7-32-33-12-3-1-8(20(28)29)5-11(12)21(30)31/h1,3,5,9-10H,2,4,6-7,17H2,(H,18,25)(H,19,22)(H,23,24)(H,26,27)/t9-,10-/m0/s1. The van der Waals surface area contributed by atoms with Crippen LogP contribution in [0.1, 0.15) is 12.8 Å². The molecule has 180 valence electrons. The first kappa shape index (κ1) is 27.6. The van der Waals surface area contributed by atoms with Gasteiger partial charge in [-0.1, -0.05) is 21.6 Å². The molecule has 0 saturated carbocycles. The van der Waals surface area contributed by atoms with Gasteiger partial charge in [0.05, 0.1) is 20.8 Å². The van der Waals surface area contributed by atoms with Crippen LogP contribution in [0.3, 0.4) is 0 Å². The van der Waals surface area contributed by atoms with Crippen LogP contribution in [0.25, 0.3) is 0 Å². The molecule has 0 spiro atoms. The fraction of sp³-hybridized carbons (Fsp3) is 0.375. The van der Waals surface area contributed by atoms with Gasteiger partial charge in [0.15, 0.2) is 0 Å². The predicted octanol–water partition coefficient (Wildman–Crippen LogP) is 0.121. The van der Waals surface area contributed by atoms with Gasteiger partial charge in [-0.3, -0.25) is 39.4 Å². The Morgan fingerprint density at radius 2 is 1.79 bits per heavy atom. The van der Waals surface area contributed by atoms with Gasteiger partial charge in [-0.25, -0.2) is 0 Å². The molecule has 0 aliphatic heterocycles. The quantitative estimate of drug-likeness (QED) is 0.128. The molecule has 33 heavy (non-hydrogen) atoms. The summed E-state index contributed by atoms with van der Waals surface area (Å²) in [5.74, 6) is -4.37. The van der Waals surface area contributed by atoms with Crippen molar-refractivity contribution in [2.75, 3.05) is 12.3 Å². The van der Waals surface area contributed by atoms with E-state index < -0.39 is 63.6 Å². The Morgan fingerprint density at radius 3 is 2.33 bits per heavy atom. The Balaban J connectivity index is 2.85. The highest BCUT2D eigenvalue weighted by atomic mass is 33.1. The number of benzene rings is 1. The minimum atomic E-state index is -1.33. The summed E-state index contributed by atoms with van der Waals surface area (Å²) in [6.07, 6.45) is -0.524. The molecule has 15 nitrogen and oxygen atoms in total. The lowest BCUT2D eigenvalue weighted by Gasteiger charge is -2.18. The lowest BCUT2D eigenvalue weighted by Crippen LogP contribution is -2.49. The summed E-state index contributed by atoms with van der Waals surface area (Å²) >= 11 is 0. The molecular formula is C16H19N5O10S2. The maximum atomic E-state index is 12.3. The number of nitro groups is 2. The summed E-state index contributed by atoms with van der Waals surface area (Å²) in [6.45, 7) is -0.722. The second kappa shape index (κ2) is 13.2. The van der Waals surface area contributed by atoms with E-state index in [9.17, 15) is 39.4 Å². The summed E-state index contributed by atoms with van der Waals surface area (Å²) in [5, 5.41) is 43.9. The molecule has 0 radical (unpaired) electrons. The largest absolute Gasteiger partial charge is 0.480 e. The summed E-state index contributed by atoms with van der Waals surface area (Å²) < 4.78 is 0. The first-order chi connectivity index (χ1) is 15.4. The third-order valence-corrected chi connectivity index (χ3v) is 6.21. The molecule has 0 aliphatic carbocycles. The van der Waals surface area contributed by atoms with Gasteiger partial charge >= 0.3 is 11.9 Å². The number of carbonyl (C=O) groups excluding carboxylic acids is 2. The number of carboxylic acid groups (broad SMARTS) is 2. The molecule has 1 aromatic rings. The first-order valence-corrected chi connectivity index (χ1v) is 11.2. The van der Waals surface area contributed by atoms with Crippen LogP contribution in [0.15, 0.2) is 23.1 Å². The fourth-order valence-corrected chi connectivity index (χ4v) is 4.47. The van der Waals surface area contributed by atoms with Crippen LogP contribution in [0.2, 0.25) is 0 Å². The minimum absolute atomic E-state index is 0.0547. The van der Waals surface area contributed by atoms with Crippen molar-refractivity contribution >= 4 is 56.7 Å². The number of nitro benzene ring substituents is 2. The van der Waals surface area contributed by atoms with E-state index in [-0.39, 0.29) is 23.5 Å². The summed E-state index contributed by atoms with van der Waals surface area (Å²) in [6, 6.07) is 0.475. The second-order valence-electron chi connectivity index (χ2n) is 6.25. The van der Waals surface area contributed by atoms with Crippen molar-refractivity contribution in [3.05, 3.63) is 38.4 Å². The summed E-state index contributed by atoms with van der Waals surface area (Å²) in [4.78, 5) is 66.2. The van der Waals surface area contributed by atoms with E-state index in [1.807, 2.05) is 0 Å². The topological polar surface area (TPSA) is 245 Å². The van der Waals surface area contributed by atoms with E-state index in [0.717, 1.165) is 33.7 Å². The molecule has 0 bridgehead atoms. The number of nitrogens with two attached hydrogens (primary N) is 1. The first-order valence-electron chi connectivity index (χ1n) is 8.92. The van der Waals surface area contributed by atoms with Gasteiger partial charge in [0.1, 0.15) is 18.6 Å². The fourth-order valence-electron chi connectivity index (χ4n) is 2.14. The lowest BCUT2D eigenvalue weighted by molar-refractivity contribution is -0.396. The number of carboxylic acids is 2. The maximum absolute atomic E-state index is 12.3. The molecule has 2 atom stereocenters. The highest BCUT2D eigenvalue weighted by Crippen LogP contribution is 2.39. The number of non-ortho nitro benzene ring substituents is 1. The third kappa shape index (κ3) is 9.71. The van der Waals surface area contributed by atoms with Crippen LogP contribution in [-0.2, 0) is 19.2 Å². The monoisotopic (exact) mass is 505 g/mol. The Hall–Kier alpha value is -3.44. The average Bonchev–Trinajstić information content (AvgIpc) is 2.74. The second-order valence-corrected chi connectivity index (χ2v) is 8.63. The zero-order valence-electron chi connectivity index (χ0n) is 16.7. The number of nitrogens with one attached hydrogen (secondary N) is 2. The van der Waals surface area contributed by atoms with Crippen LogP contribution in [0, 0.1) is 20.2 Å². The highest BCUT2D eigenvalue weighted by Gasteiger charge is 2.24. The van der Waals surface area contributed by atoms with Crippen LogP contribution < -0.4 is 16.4 Å². The zero-order chi connectivity index (χ0) is 25.1. The number of amides is 2. The van der Waals surface area contributed by atoms with E-state index in [1.165, 1.54) is 6.07 Å². The van der Waals surface area contributed by atoms with Gasteiger partial charge in [0.25, 0.3) is 11.4 Å². The number of nitrogens with zero attached hydrogens (tertiary/aromatic N) is 2. The molecule has 0 aliphatic rings. The molecule has 1 aromatic carbocycles. The summed E-state index contributed by atoms with van der Waals surface area (Å²) in [7, 11) is 1.72. The Kier molecular flexibility index (Phi) is 11.0. The predicted molar refractivity (Wildman–Crippen MR) is 115 cm³/mol. The smallest absolute Gasteiger partial charge is 0.322 e. The van der Waals surface area contributed by atoms with Crippen molar-refractivity contribution in [1.29, 1.82) is 0 Å². The van der Waals surface area contributed by atoms with Crippen molar-refractivity contribution in [3.8, 4) is 0 Å². The van der Waals surface area contributed by atoms with Crippen molar-refractivity contribution < 1.29 is 39.2 Å². The molecule has 0 unspecified atom stereocenters. The molecule has 2 amide bonds. The molecule has 0 fully saturated rings. The average molecular weight is 505 g/mol. The third-order valence-electron chi connectivity index (χ3n) is 3.80. The van der Waals surface area contributed by atoms with E-state index in [2.05, 4.69) is 10.6 Å². The number of hydrogen-bond acceptors (Lipinski definition) is 11. The molecule has 0 heterocycles. The van der Waals surface area contributed by atoms with Crippen LogP contribution in [0.4, 0.5) is 11.4 Å². The molecule has 0 saturated heterocycles. The van der Waals surface area contributed by atoms with Crippen LogP contribution in [0.5, 0.6) is 0 Å². The van der Waals surface area contributed by atoms with Crippen molar-refractivity contribution in [2.45, 2.75) is 29.8 Å². The van der Waals surface area contributed by atoms with Gasteiger partial charge in [-0.05, 0) is 12.5 Å². The molecule has 1 rings (SSSR count). The molecular weight excluding hydrogens is 486 g/mol. The molecule has 17 heteroatoms. The summed E-state index contributed by atoms with van der Waals surface area (Å²) in [5.41, 5.74) is 4.31. The SMILES string of the molecule is N[C@@H](CCC(=O)N[C@@H](CSSc1ccc([N+](=O)[O-])cc1[N+](=O)[O-])C(=O)NCC(=O)O)C(=O)O. The number of rotatable bonds is 14. The lowest BCUT2D eigenvalue weighted by atomic mass is 10.1. The molecule has 0 aromatic heterocycles. The van der Waals surface area contributed by atoms with Crippen molar-refractivity contribution in [3.63, 3.8) is 0 Å². The van der Waals surface area contributed by atoms with Gasteiger partial charge < -0.3 is 26.6 Å². The Labute approximate surface area is 193 Å². The maximum Gasteiger partial charge on any atom is 0.322 e. The van der Waals surface area contributed by atoms with Crippen LogP contribution >= 0.6 is 21.6 Å². The van der Waals surface area contributed by atoms with E-state index in [0.29, 0.717) is 0 Å². The van der Waals surface area contributed by atoms with E-state index >= 15 is 0 Å². The van der Waals surface area contributed by atoms with Crippen molar-refractivity contribution in [2.24, 2.45) is 5.73 Å². The van der Waals surface area contributed by atoms with Gasteiger partial charge in [-0.15, -0.1) is 0 Å². The van der Waals surface area contributed by atoms with E-state index in [1.54, 1.807) is 0 Å². The number of aliphatic carboxylic acids is 2. The highest BCUT2D eigenvalue weighted by molar-refractivity contribution is 8.76. The van der Waals surface area contributed by atoms with Gasteiger partial charge in [0.2, 0.25) is 11.8 Å². The van der Waals surface area contributed by atoms with Crippen molar-refractivity contribution in [1.82, 2.24) is 10.6 Å². The Morgan fingerprint density at radius 1 is 1.12 bits per heavy atom. The Bertz CT molecular complexity index is 944. The zero-order valence-corrected chi connectivity index (χ0v) is 18.3. The number of hydrogen-bond donors (Lipinski definition) is 5. The van der Waals surface area contributed by atoms with Gasteiger partial charge in [-0.2, -0.15) is 0 Å². The molecule has 6 N–H and O–H groups in total. The number of carbonyl (C=O) groups is 4. The normalized spacial score (nSPS) is 12.3. The van der Waals surface area contributed by atoms with Crippen LogP contribution in [-0.4, -0.2) is 68.2 Å². The minimum Gasteiger partial charge on any atom is -0.480 e. The van der Waals surface area contributed by atoms with Gasteiger partial charge in [0, 0.05) is 18.2 Å².